The summed E-state index contributed by atoms with van der Waals surface area (Å²) >= 11 is 0. The van der Waals surface area contributed by atoms with Gasteiger partial charge in [0.1, 0.15) is 0 Å². The van der Waals surface area contributed by atoms with Crippen molar-refractivity contribution in [3.8, 4) is 0 Å². The van der Waals surface area contributed by atoms with Crippen molar-refractivity contribution in [2.24, 2.45) is 17.3 Å². The molecule has 0 amide bonds. The molecule has 3 rings (SSSR count). The van der Waals surface area contributed by atoms with E-state index in [9.17, 15) is 0 Å². The van der Waals surface area contributed by atoms with Crippen LogP contribution < -0.4 is 5.32 Å². The lowest BCUT2D eigenvalue weighted by atomic mass is 9.67. The average Bonchev–Trinajstić information content (AvgIpc) is 3.37. The molecule has 0 aromatic rings. The van der Waals surface area contributed by atoms with Crippen molar-refractivity contribution in [3.63, 3.8) is 0 Å². The number of hydrogen-bond acceptors (Lipinski definition) is 2. The van der Waals surface area contributed by atoms with Gasteiger partial charge in [-0.05, 0) is 69.2 Å². The highest BCUT2D eigenvalue weighted by Crippen LogP contribution is 2.45. The zero-order valence-electron chi connectivity index (χ0n) is 14.7. The van der Waals surface area contributed by atoms with E-state index in [1.807, 2.05) is 0 Å². The van der Waals surface area contributed by atoms with Crippen LogP contribution in [0.25, 0.3) is 0 Å². The Kier molecular flexibility index (Phi) is 4.66. The normalized spacial score (nSPS) is 34.4. The molecule has 3 saturated carbocycles. The zero-order chi connectivity index (χ0) is 15.0. The van der Waals surface area contributed by atoms with Crippen molar-refractivity contribution in [1.29, 1.82) is 0 Å². The molecule has 0 bridgehead atoms. The topological polar surface area (TPSA) is 15.3 Å². The zero-order valence-corrected chi connectivity index (χ0v) is 14.7. The van der Waals surface area contributed by atoms with Crippen LogP contribution in [0.3, 0.4) is 0 Å². The van der Waals surface area contributed by atoms with Gasteiger partial charge in [0.2, 0.25) is 0 Å². The van der Waals surface area contributed by atoms with Gasteiger partial charge in [-0.1, -0.05) is 27.2 Å². The number of rotatable bonds is 7. The lowest BCUT2D eigenvalue weighted by Crippen LogP contribution is -2.55. The first kappa shape index (κ1) is 15.8. The molecule has 3 aliphatic rings. The molecule has 0 aromatic carbocycles. The van der Waals surface area contributed by atoms with Crippen LogP contribution in [0.15, 0.2) is 0 Å². The highest BCUT2D eigenvalue weighted by molar-refractivity contribution is 5.00. The molecule has 0 aliphatic heterocycles. The molecule has 0 spiro atoms. The summed E-state index contributed by atoms with van der Waals surface area (Å²) in [7, 11) is 2.19. The fraction of sp³-hybridized carbons (Fsp3) is 1.00. The van der Waals surface area contributed by atoms with Crippen LogP contribution >= 0.6 is 0 Å². The van der Waals surface area contributed by atoms with Gasteiger partial charge in [0.15, 0.2) is 0 Å². The number of nitrogens with zero attached hydrogens (tertiary/aromatic N) is 1. The predicted octanol–water partition coefficient (Wildman–Crippen LogP) is 4.05. The van der Waals surface area contributed by atoms with Crippen LogP contribution in [0.5, 0.6) is 0 Å². The molecular weight excluding hydrogens is 256 g/mol. The Balaban J connectivity index is 1.71. The maximum Gasteiger partial charge on any atom is 0.0255 e. The first-order chi connectivity index (χ1) is 10.0. The van der Waals surface area contributed by atoms with E-state index in [1.165, 1.54) is 57.9 Å². The highest BCUT2D eigenvalue weighted by Gasteiger charge is 2.44. The van der Waals surface area contributed by atoms with Gasteiger partial charge >= 0.3 is 0 Å². The molecule has 2 nitrogen and oxygen atoms in total. The number of nitrogens with one attached hydrogen (secondary N) is 1. The van der Waals surface area contributed by atoms with Crippen molar-refractivity contribution < 1.29 is 0 Å². The fourth-order valence-electron chi connectivity index (χ4n) is 4.41. The van der Waals surface area contributed by atoms with Crippen molar-refractivity contribution in [2.75, 3.05) is 13.6 Å². The summed E-state index contributed by atoms with van der Waals surface area (Å²) in [6, 6.07) is 2.45. The molecule has 3 aliphatic carbocycles. The van der Waals surface area contributed by atoms with E-state index in [0.717, 1.165) is 30.0 Å². The van der Waals surface area contributed by atoms with E-state index in [2.05, 4.69) is 38.0 Å². The second-order valence-electron chi connectivity index (χ2n) is 8.69. The van der Waals surface area contributed by atoms with Gasteiger partial charge < -0.3 is 5.32 Å². The summed E-state index contributed by atoms with van der Waals surface area (Å²) in [5.41, 5.74) is 0.520. The van der Waals surface area contributed by atoms with Gasteiger partial charge in [-0.3, -0.25) is 4.90 Å². The molecule has 3 fully saturated rings. The molecule has 0 radical (unpaired) electrons. The molecule has 0 aromatic heterocycles. The largest absolute Gasteiger partial charge is 0.315 e. The Labute approximate surface area is 132 Å². The quantitative estimate of drug-likeness (QED) is 0.761. The van der Waals surface area contributed by atoms with Crippen molar-refractivity contribution in [1.82, 2.24) is 10.2 Å². The molecular formula is C19H36N2. The summed E-state index contributed by atoms with van der Waals surface area (Å²) in [4.78, 5) is 2.94. The molecule has 2 heteroatoms. The fourth-order valence-corrected chi connectivity index (χ4v) is 4.41. The average molecular weight is 293 g/mol. The maximum absolute atomic E-state index is 3.66. The first-order valence-electron chi connectivity index (χ1n) is 9.48. The third-order valence-electron chi connectivity index (χ3n) is 6.81. The predicted molar refractivity (Wildman–Crippen MR) is 90.5 cm³/mol. The van der Waals surface area contributed by atoms with E-state index in [4.69, 9.17) is 0 Å². The molecule has 3 unspecified atom stereocenters. The van der Waals surface area contributed by atoms with Crippen molar-refractivity contribution in [3.05, 3.63) is 0 Å². The summed E-state index contributed by atoms with van der Waals surface area (Å²) in [6.07, 6.45) is 11.4. The minimum Gasteiger partial charge on any atom is -0.315 e. The Morgan fingerprint density at radius 3 is 2.29 bits per heavy atom. The van der Waals surface area contributed by atoms with Crippen LogP contribution in [-0.4, -0.2) is 36.6 Å². The minimum absolute atomic E-state index is 0.520. The number of hydrogen-bond donors (Lipinski definition) is 1. The second-order valence-corrected chi connectivity index (χ2v) is 8.69. The summed E-state index contributed by atoms with van der Waals surface area (Å²) in [5, 5.41) is 3.66. The highest BCUT2D eigenvalue weighted by atomic mass is 15.2. The van der Waals surface area contributed by atoms with Gasteiger partial charge in [0.25, 0.3) is 0 Å². The second kappa shape index (κ2) is 6.20. The lowest BCUT2D eigenvalue weighted by Gasteiger charge is -2.47. The van der Waals surface area contributed by atoms with Crippen molar-refractivity contribution in [2.45, 2.75) is 90.3 Å². The molecule has 1 N–H and O–H groups in total. The summed E-state index contributed by atoms with van der Waals surface area (Å²) < 4.78 is 0. The number of likely N-dealkylation sites (N-methyl/N-ethyl adjacent to an activating group) is 1. The molecule has 0 heterocycles. The molecule has 122 valence electrons. The Hall–Kier alpha value is -0.0800. The van der Waals surface area contributed by atoms with E-state index < -0.39 is 0 Å². The van der Waals surface area contributed by atoms with Gasteiger partial charge in [-0.15, -0.1) is 0 Å². The van der Waals surface area contributed by atoms with Crippen LogP contribution in [0.1, 0.15) is 72.1 Å². The van der Waals surface area contributed by atoms with Gasteiger partial charge in [0.05, 0.1) is 0 Å². The van der Waals surface area contributed by atoms with E-state index in [1.54, 1.807) is 0 Å². The summed E-state index contributed by atoms with van der Waals surface area (Å²) in [6.45, 7) is 8.77. The van der Waals surface area contributed by atoms with E-state index >= 15 is 0 Å². The third-order valence-corrected chi connectivity index (χ3v) is 6.81. The van der Waals surface area contributed by atoms with Gasteiger partial charge in [-0.25, -0.2) is 0 Å². The van der Waals surface area contributed by atoms with Gasteiger partial charge in [0, 0.05) is 24.7 Å². The van der Waals surface area contributed by atoms with Gasteiger partial charge in [-0.2, -0.15) is 0 Å². The third kappa shape index (κ3) is 3.64. The minimum atomic E-state index is 0.520. The van der Waals surface area contributed by atoms with Crippen LogP contribution in [0.2, 0.25) is 0 Å². The molecule has 3 atom stereocenters. The Bertz CT molecular complexity index is 343. The monoisotopic (exact) mass is 292 g/mol. The van der Waals surface area contributed by atoms with E-state index in [0.29, 0.717) is 5.41 Å². The standard InChI is InChI=1S/C19H36N2/c1-5-19(2,3)15-8-11-17(20-4)18(12-15)21(16-9-10-16)13-14-6-7-14/h14-18,20H,5-13H2,1-4H3. The van der Waals surface area contributed by atoms with Crippen LogP contribution in [-0.2, 0) is 0 Å². The SMILES string of the molecule is CCC(C)(C)C1CCC(NC)C(N(CC2CC2)C2CC2)C1. The maximum atomic E-state index is 3.66. The molecule has 0 saturated heterocycles. The molecule has 21 heavy (non-hydrogen) atoms. The first-order valence-corrected chi connectivity index (χ1v) is 9.48. The van der Waals surface area contributed by atoms with E-state index in [-0.39, 0.29) is 0 Å². The smallest absolute Gasteiger partial charge is 0.0255 e. The van der Waals surface area contributed by atoms with Crippen molar-refractivity contribution >= 4 is 0 Å². The van der Waals surface area contributed by atoms with Crippen LogP contribution in [0.4, 0.5) is 0 Å². The lowest BCUT2D eigenvalue weighted by molar-refractivity contribution is 0.0448. The Morgan fingerprint density at radius 2 is 1.76 bits per heavy atom. The van der Waals surface area contributed by atoms with Crippen LogP contribution in [0, 0.1) is 17.3 Å². The Morgan fingerprint density at radius 1 is 1.05 bits per heavy atom. The summed E-state index contributed by atoms with van der Waals surface area (Å²) in [5.74, 6) is 1.94.